The molecule has 1 heterocycles. The van der Waals surface area contributed by atoms with Crippen LogP contribution >= 0.6 is 12.4 Å². The molecule has 0 radical (unpaired) electrons. The lowest BCUT2D eigenvalue weighted by molar-refractivity contribution is -0.145. The highest BCUT2D eigenvalue weighted by Gasteiger charge is 2.36. The van der Waals surface area contributed by atoms with Crippen LogP contribution in [0.2, 0.25) is 0 Å². The van der Waals surface area contributed by atoms with Crippen LogP contribution in [-0.2, 0) is 9.59 Å². The number of hydrogen-bond donors (Lipinski definition) is 1. The van der Waals surface area contributed by atoms with E-state index in [4.69, 9.17) is 5.73 Å². The summed E-state index contributed by atoms with van der Waals surface area (Å²) < 4.78 is 0. The molecule has 24 heavy (non-hydrogen) atoms. The number of rotatable bonds is 3. The van der Waals surface area contributed by atoms with Crippen LogP contribution < -0.4 is 5.73 Å². The maximum Gasteiger partial charge on any atom is 0.228 e. The third-order valence-corrected chi connectivity index (χ3v) is 5.43. The second-order valence-corrected chi connectivity index (χ2v) is 8.36. The van der Waals surface area contributed by atoms with Gasteiger partial charge in [-0.15, -0.1) is 12.4 Å². The molecular weight excluding hydrogens is 326 g/mol. The molecule has 0 aromatic rings. The van der Waals surface area contributed by atoms with Gasteiger partial charge in [-0.3, -0.25) is 9.59 Å². The molecule has 0 unspecified atom stereocenters. The van der Waals surface area contributed by atoms with Crippen molar-refractivity contribution in [1.29, 1.82) is 0 Å². The molecule has 2 aliphatic rings. The standard InChI is InChI=1S/C18H33N3O2.ClH/c1-17(2,3)16(23)21-11-9-20(10-12-21)15(22)13-18(14-19)7-5-4-6-8-18;/h4-14,19H2,1-3H3;1H. The van der Waals surface area contributed by atoms with E-state index in [1.807, 2.05) is 30.6 Å². The third-order valence-electron chi connectivity index (χ3n) is 5.43. The normalized spacial score (nSPS) is 21.2. The van der Waals surface area contributed by atoms with Gasteiger partial charge in [-0.2, -0.15) is 0 Å². The van der Waals surface area contributed by atoms with Gasteiger partial charge in [0, 0.05) is 38.0 Å². The van der Waals surface area contributed by atoms with E-state index in [0.717, 1.165) is 12.8 Å². The summed E-state index contributed by atoms with van der Waals surface area (Å²) in [4.78, 5) is 28.8. The Hall–Kier alpha value is -0.810. The van der Waals surface area contributed by atoms with Crippen LogP contribution in [0.1, 0.15) is 59.3 Å². The second kappa shape index (κ2) is 8.52. The predicted octanol–water partition coefficient (Wildman–Crippen LogP) is 2.42. The van der Waals surface area contributed by atoms with Gasteiger partial charge in [-0.1, -0.05) is 40.0 Å². The molecule has 2 rings (SSSR count). The first-order chi connectivity index (χ1) is 10.8. The average molecular weight is 360 g/mol. The number of halogens is 1. The van der Waals surface area contributed by atoms with Crippen molar-refractivity contribution in [1.82, 2.24) is 9.80 Å². The fraction of sp³-hybridized carbons (Fsp3) is 0.889. The van der Waals surface area contributed by atoms with Gasteiger partial charge in [0.05, 0.1) is 0 Å². The Kier molecular flexibility index (Phi) is 7.54. The molecule has 0 bridgehead atoms. The molecule has 140 valence electrons. The zero-order valence-electron chi connectivity index (χ0n) is 15.5. The monoisotopic (exact) mass is 359 g/mol. The molecule has 1 aliphatic heterocycles. The SMILES string of the molecule is CC(C)(C)C(=O)N1CCN(C(=O)CC2(CN)CCCCC2)CC1.Cl. The summed E-state index contributed by atoms with van der Waals surface area (Å²) in [5.74, 6) is 0.399. The Morgan fingerprint density at radius 2 is 1.46 bits per heavy atom. The van der Waals surface area contributed by atoms with E-state index in [-0.39, 0.29) is 35.1 Å². The van der Waals surface area contributed by atoms with E-state index in [9.17, 15) is 9.59 Å². The summed E-state index contributed by atoms with van der Waals surface area (Å²) in [5.41, 5.74) is 5.67. The molecule has 2 fully saturated rings. The Balaban J connectivity index is 0.00000288. The zero-order valence-corrected chi connectivity index (χ0v) is 16.3. The molecule has 2 amide bonds. The van der Waals surface area contributed by atoms with Crippen molar-refractivity contribution >= 4 is 24.2 Å². The number of piperazine rings is 1. The first-order valence-corrected chi connectivity index (χ1v) is 9.05. The van der Waals surface area contributed by atoms with Crippen molar-refractivity contribution in [3.8, 4) is 0 Å². The lowest BCUT2D eigenvalue weighted by atomic mass is 9.71. The highest BCUT2D eigenvalue weighted by Crippen LogP contribution is 2.38. The van der Waals surface area contributed by atoms with Gasteiger partial charge < -0.3 is 15.5 Å². The van der Waals surface area contributed by atoms with Crippen molar-refractivity contribution in [3.63, 3.8) is 0 Å². The summed E-state index contributed by atoms with van der Waals surface area (Å²) >= 11 is 0. The minimum Gasteiger partial charge on any atom is -0.339 e. The summed E-state index contributed by atoms with van der Waals surface area (Å²) in [5, 5.41) is 0. The summed E-state index contributed by atoms with van der Waals surface area (Å²) in [7, 11) is 0. The lowest BCUT2D eigenvalue weighted by Crippen LogP contribution is -2.53. The van der Waals surface area contributed by atoms with Crippen LogP contribution in [0.3, 0.4) is 0 Å². The number of carbonyl (C=O) groups is 2. The summed E-state index contributed by atoms with van der Waals surface area (Å²) in [6.45, 7) is 9.06. The topological polar surface area (TPSA) is 66.6 Å². The molecule has 0 atom stereocenters. The predicted molar refractivity (Wildman–Crippen MR) is 99.1 cm³/mol. The molecule has 5 nitrogen and oxygen atoms in total. The van der Waals surface area contributed by atoms with E-state index in [2.05, 4.69) is 0 Å². The minimum absolute atomic E-state index is 0. The second-order valence-electron chi connectivity index (χ2n) is 8.36. The van der Waals surface area contributed by atoms with Crippen molar-refractivity contribution in [2.75, 3.05) is 32.7 Å². The number of nitrogens with two attached hydrogens (primary N) is 1. The molecule has 6 heteroatoms. The molecule has 2 N–H and O–H groups in total. The molecule has 1 aliphatic carbocycles. The number of carbonyl (C=O) groups excluding carboxylic acids is 2. The van der Waals surface area contributed by atoms with E-state index in [1.165, 1.54) is 19.3 Å². The van der Waals surface area contributed by atoms with Crippen LogP contribution in [0.4, 0.5) is 0 Å². The highest BCUT2D eigenvalue weighted by molar-refractivity contribution is 5.85. The fourth-order valence-corrected chi connectivity index (χ4v) is 3.82. The fourth-order valence-electron chi connectivity index (χ4n) is 3.82. The van der Waals surface area contributed by atoms with E-state index in [0.29, 0.717) is 39.1 Å². The van der Waals surface area contributed by atoms with Gasteiger partial charge in [-0.25, -0.2) is 0 Å². The molecule has 1 saturated carbocycles. The zero-order chi connectivity index (χ0) is 17.1. The minimum atomic E-state index is -0.349. The Morgan fingerprint density at radius 1 is 0.958 bits per heavy atom. The van der Waals surface area contributed by atoms with Gasteiger partial charge >= 0.3 is 0 Å². The van der Waals surface area contributed by atoms with Gasteiger partial charge in [0.15, 0.2) is 0 Å². The molecule has 1 saturated heterocycles. The van der Waals surface area contributed by atoms with Gasteiger partial charge in [0.1, 0.15) is 0 Å². The quantitative estimate of drug-likeness (QED) is 0.841. The van der Waals surface area contributed by atoms with Crippen LogP contribution in [0.25, 0.3) is 0 Å². The molecular formula is C18H34ClN3O2. The van der Waals surface area contributed by atoms with Crippen LogP contribution in [0, 0.1) is 10.8 Å². The van der Waals surface area contributed by atoms with Crippen molar-refractivity contribution in [3.05, 3.63) is 0 Å². The van der Waals surface area contributed by atoms with Gasteiger partial charge in [-0.05, 0) is 24.8 Å². The number of nitrogens with zero attached hydrogens (tertiary/aromatic N) is 2. The van der Waals surface area contributed by atoms with Crippen LogP contribution in [0.15, 0.2) is 0 Å². The molecule has 0 spiro atoms. The van der Waals surface area contributed by atoms with Crippen LogP contribution in [-0.4, -0.2) is 54.3 Å². The third kappa shape index (κ3) is 5.09. The Morgan fingerprint density at radius 3 is 1.92 bits per heavy atom. The van der Waals surface area contributed by atoms with Gasteiger partial charge in [0.25, 0.3) is 0 Å². The first kappa shape index (κ1) is 21.2. The highest BCUT2D eigenvalue weighted by atomic mass is 35.5. The van der Waals surface area contributed by atoms with E-state index >= 15 is 0 Å². The molecule has 0 aromatic heterocycles. The maximum atomic E-state index is 12.7. The van der Waals surface area contributed by atoms with E-state index in [1.54, 1.807) is 0 Å². The maximum absolute atomic E-state index is 12.7. The first-order valence-electron chi connectivity index (χ1n) is 9.05. The van der Waals surface area contributed by atoms with E-state index < -0.39 is 0 Å². The molecule has 0 aromatic carbocycles. The van der Waals surface area contributed by atoms with Crippen LogP contribution in [0.5, 0.6) is 0 Å². The Labute approximate surface area is 152 Å². The van der Waals surface area contributed by atoms with Crippen molar-refractivity contribution in [2.45, 2.75) is 59.3 Å². The Bertz CT molecular complexity index is 434. The van der Waals surface area contributed by atoms with Crippen molar-refractivity contribution in [2.24, 2.45) is 16.6 Å². The lowest BCUT2D eigenvalue weighted by Gasteiger charge is -2.40. The van der Waals surface area contributed by atoms with Gasteiger partial charge in [0.2, 0.25) is 11.8 Å². The largest absolute Gasteiger partial charge is 0.339 e. The number of amides is 2. The number of hydrogen-bond acceptors (Lipinski definition) is 3. The smallest absolute Gasteiger partial charge is 0.228 e. The van der Waals surface area contributed by atoms with Crippen molar-refractivity contribution < 1.29 is 9.59 Å². The summed E-state index contributed by atoms with van der Waals surface area (Å²) in [6, 6.07) is 0. The summed E-state index contributed by atoms with van der Waals surface area (Å²) in [6.07, 6.45) is 6.40. The average Bonchev–Trinajstić information content (AvgIpc) is 2.54.